The van der Waals surface area contributed by atoms with Crippen LogP contribution in [0.5, 0.6) is 0 Å². The summed E-state index contributed by atoms with van der Waals surface area (Å²) >= 11 is 12.0. The Bertz CT molecular complexity index is 849. The van der Waals surface area contributed by atoms with Crippen LogP contribution in [0, 0.1) is 0 Å². The second kappa shape index (κ2) is 7.39. The van der Waals surface area contributed by atoms with Crippen molar-refractivity contribution in [2.24, 2.45) is 0 Å². The van der Waals surface area contributed by atoms with Crippen LogP contribution in [0.1, 0.15) is 0 Å². The zero-order valence-corrected chi connectivity index (χ0v) is 14.1. The van der Waals surface area contributed by atoms with Crippen molar-refractivity contribution < 1.29 is 4.79 Å². The highest BCUT2D eigenvalue weighted by Gasteiger charge is 2.08. The maximum Gasteiger partial charge on any atom is 0.323 e. The lowest BCUT2D eigenvalue weighted by Crippen LogP contribution is -2.19. The lowest BCUT2D eigenvalue weighted by molar-refractivity contribution is 0.262. The molecule has 0 saturated carbocycles. The van der Waals surface area contributed by atoms with Gasteiger partial charge in [0.15, 0.2) is 0 Å². The van der Waals surface area contributed by atoms with E-state index in [1.54, 1.807) is 18.2 Å². The smallest absolute Gasteiger partial charge is 0.308 e. The highest BCUT2D eigenvalue weighted by molar-refractivity contribution is 6.44. The predicted molar refractivity (Wildman–Crippen MR) is 101 cm³/mol. The molecular weight excluding hydrogens is 343 g/mol. The first-order chi connectivity index (χ1) is 11.6. The predicted octanol–water partition coefficient (Wildman–Crippen LogP) is 6.30. The molecule has 0 aliphatic carbocycles. The second-order valence-corrected chi connectivity index (χ2v) is 5.91. The molecule has 3 aromatic rings. The van der Waals surface area contributed by atoms with Crippen molar-refractivity contribution in [3.8, 4) is 11.1 Å². The summed E-state index contributed by atoms with van der Waals surface area (Å²) in [7, 11) is 0. The minimum atomic E-state index is -0.383. The summed E-state index contributed by atoms with van der Waals surface area (Å²) in [6.07, 6.45) is 0. The Kier molecular flexibility index (Phi) is 5.04. The average molecular weight is 357 g/mol. The van der Waals surface area contributed by atoms with Crippen molar-refractivity contribution >= 4 is 40.6 Å². The highest BCUT2D eigenvalue weighted by atomic mass is 35.5. The molecule has 3 nitrogen and oxygen atoms in total. The van der Waals surface area contributed by atoms with Gasteiger partial charge >= 0.3 is 6.03 Å². The van der Waals surface area contributed by atoms with Crippen LogP contribution < -0.4 is 10.6 Å². The lowest BCUT2D eigenvalue weighted by atomic mass is 10.1. The molecule has 0 fully saturated rings. The zero-order valence-electron chi connectivity index (χ0n) is 12.6. The number of nitrogens with one attached hydrogen (secondary N) is 2. The Morgan fingerprint density at radius 3 is 2.08 bits per heavy atom. The molecule has 3 rings (SSSR count). The SMILES string of the molecule is O=C(Nc1ccc(-c2ccccc2)cc1)Nc1cccc(Cl)c1Cl. The fraction of sp³-hybridized carbons (Fsp3) is 0. The molecule has 0 bridgehead atoms. The van der Waals surface area contributed by atoms with E-state index in [9.17, 15) is 4.79 Å². The van der Waals surface area contributed by atoms with Crippen LogP contribution in [-0.4, -0.2) is 6.03 Å². The summed E-state index contributed by atoms with van der Waals surface area (Å²) in [6, 6.07) is 22.3. The number of hydrogen-bond acceptors (Lipinski definition) is 1. The van der Waals surface area contributed by atoms with Gasteiger partial charge in [-0.1, -0.05) is 71.7 Å². The minimum absolute atomic E-state index is 0.314. The molecule has 0 aliphatic rings. The minimum Gasteiger partial charge on any atom is -0.308 e. The Morgan fingerprint density at radius 1 is 0.708 bits per heavy atom. The topological polar surface area (TPSA) is 41.1 Å². The van der Waals surface area contributed by atoms with Gasteiger partial charge in [-0.3, -0.25) is 0 Å². The summed E-state index contributed by atoms with van der Waals surface area (Å²) in [4.78, 5) is 12.1. The third-order valence-corrected chi connectivity index (χ3v) is 4.27. The van der Waals surface area contributed by atoms with E-state index in [0.717, 1.165) is 11.1 Å². The van der Waals surface area contributed by atoms with E-state index in [0.29, 0.717) is 21.4 Å². The molecule has 3 aromatic carbocycles. The number of carbonyl (C=O) groups is 1. The number of amides is 2. The molecule has 0 spiro atoms. The van der Waals surface area contributed by atoms with Crippen molar-refractivity contribution in [1.82, 2.24) is 0 Å². The van der Waals surface area contributed by atoms with Gasteiger partial charge in [-0.25, -0.2) is 4.79 Å². The zero-order chi connectivity index (χ0) is 16.9. The van der Waals surface area contributed by atoms with E-state index in [4.69, 9.17) is 23.2 Å². The van der Waals surface area contributed by atoms with Crippen molar-refractivity contribution in [2.75, 3.05) is 10.6 Å². The Hall–Kier alpha value is -2.49. The van der Waals surface area contributed by atoms with Gasteiger partial charge < -0.3 is 10.6 Å². The monoisotopic (exact) mass is 356 g/mol. The molecule has 0 heterocycles. The van der Waals surface area contributed by atoms with Crippen LogP contribution in [0.25, 0.3) is 11.1 Å². The standard InChI is InChI=1S/C19H14Cl2N2O/c20-16-7-4-8-17(18(16)21)23-19(24)22-15-11-9-14(10-12-15)13-5-2-1-3-6-13/h1-12H,(H2,22,23,24). The van der Waals surface area contributed by atoms with Crippen LogP contribution in [0.15, 0.2) is 72.8 Å². The molecule has 0 aromatic heterocycles. The van der Waals surface area contributed by atoms with Gasteiger partial charge in [-0.15, -0.1) is 0 Å². The van der Waals surface area contributed by atoms with Crippen molar-refractivity contribution in [2.45, 2.75) is 0 Å². The normalized spacial score (nSPS) is 10.2. The number of carbonyl (C=O) groups excluding carboxylic acids is 1. The van der Waals surface area contributed by atoms with Gasteiger partial charge in [-0.2, -0.15) is 0 Å². The van der Waals surface area contributed by atoms with E-state index in [1.165, 1.54) is 0 Å². The Labute approximate surface area is 150 Å². The lowest BCUT2D eigenvalue weighted by Gasteiger charge is -2.10. The van der Waals surface area contributed by atoms with Crippen LogP contribution in [0.3, 0.4) is 0 Å². The molecule has 120 valence electrons. The van der Waals surface area contributed by atoms with Crippen molar-refractivity contribution in [1.29, 1.82) is 0 Å². The molecule has 0 radical (unpaired) electrons. The van der Waals surface area contributed by atoms with Gasteiger partial charge in [0.05, 0.1) is 15.7 Å². The number of benzene rings is 3. The van der Waals surface area contributed by atoms with Gasteiger partial charge in [-0.05, 0) is 35.4 Å². The fourth-order valence-corrected chi connectivity index (χ4v) is 2.61. The van der Waals surface area contributed by atoms with Crippen molar-refractivity contribution in [3.63, 3.8) is 0 Å². The number of urea groups is 1. The molecule has 24 heavy (non-hydrogen) atoms. The van der Waals surface area contributed by atoms with Gasteiger partial charge in [0.2, 0.25) is 0 Å². The molecule has 0 saturated heterocycles. The van der Waals surface area contributed by atoms with Crippen LogP contribution >= 0.6 is 23.2 Å². The third-order valence-electron chi connectivity index (χ3n) is 3.45. The van der Waals surface area contributed by atoms with Crippen LogP contribution in [-0.2, 0) is 0 Å². The maximum absolute atomic E-state index is 12.1. The first-order valence-corrected chi connectivity index (χ1v) is 8.06. The van der Waals surface area contributed by atoms with E-state index in [2.05, 4.69) is 10.6 Å². The molecule has 2 amide bonds. The molecule has 0 atom stereocenters. The quantitative estimate of drug-likeness (QED) is 0.567. The Balaban J connectivity index is 1.68. The largest absolute Gasteiger partial charge is 0.323 e. The van der Waals surface area contributed by atoms with Gasteiger partial charge in [0.25, 0.3) is 0 Å². The number of halogens is 2. The molecule has 2 N–H and O–H groups in total. The third kappa shape index (κ3) is 3.88. The Morgan fingerprint density at radius 2 is 1.38 bits per heavy atom. The second-order valence-electron chi connectivity index (χ2n) is 5.12. The average Bonchev–Trinajstić information content (AvgIpc) is 2.60. The summed E-state index contributed by atoms with van der Waals surface area (Å²) < 4.78 is 0. The van der Waals surface area contributed by atoms with E-state index < -0.39 is 0 Å². The summed E-state index contributed by atoms with van der Waals surface area (Å²) in [5, 5.41) is 6.15. The van der Waals surface area contributed by atoms with E-state index in [1.807, 2.05) is 54.6 Å². The first kappa shape index (κ1) is 16.4. The molecule has 0 unspecified atom stereocenters. The summed E-state index contributed by atoms with van der Waals surface area (Å²) in [5.41, 5.74) is 3.35. The van der Waals surface area contributed by atoms with Crippen LogP contribution in [0.4, 0.5) is 16.2 Å². The number of rotatable bonds is 3. The van der Waals surface area contributed by atoms with E-state index in [-0.39, 0.29) is 6.03 Å². The van der Waals surface area contributed by atoms with Gasteiger partial charge in [0.1, 0.15) is 0 Å². The first-order valence-electron chi connectivity index (χ1n) is 7.31. The van der Waals surface area contributed by atoms with Crippen molar-refractivity contribution in [3.05, 3.63) is 82.8 Å². The number of anilines is 2. The molecular formula is C19H14Cl2N2O. The summed E-state index contributed by atoms with van der Waals surface area (Å²) in [6.45, 7) is 0. The molecule has 0 aliphatic heterocycles. The summed E-state index contributed by atoms with van der Waals surface area (Å²) in [5.74, 6) is 0. The number of hydrogen-bond donors (Lipinski definition) is 2. The highest BCUT2D eigenvalue weighted by Crippen LogP contribution is 2.29. The van der Waals surface area contributed by atoms with Gasteiger partial charge in [0, 0.05) is 5.69 Å². The van der Waals surface area contributed by atoms with Crippen LogP contribution in [0.2, 0.25) is 10.0 Å². The fourth-order valence-electron chi connectivity index (χ4n) is 2.26. The maximum atomic E-state index is 12.1. The molecule has 5 heteroatoms. The van der Waals surface area contributed by atoms with E-state index >= 15 is 0 Å².